The fourth-order valence-electron chi connectivity index (χ4n) is 5.86. The molecule has 1 amide bonds. The largest absolute Gasteiger partial charge is 0.458 e. The minimum atomic E-state index is -1.99. The van der Waals surface area contributed by atoms with Crippen LogP contribution < -0.4 is 10.9 Å². The molecule has 3 N–H and O–H groups in total. The van der Waals surface area contributed by atoms with Gasteiger partial charge in [-0.05, 0) is 36.5 Å². The van der Waals surface area contributed by atoms with Gasteiger partial charge in [0.1, 0.15) is 12.4 Å². The number of cyclic esters (lactones) is 1. The summed E-state index contributed by atoms with van der Waals surface area (Å²) < 4.78 is 21.4. The van der Waals surface area contributed by atoms with Crippen LogP contribution in [0.25, 0.3) is 22.3 Å². The van der Waals surface area contributed by atoms with Crippen molar-refractivity contribution >= 4 is 34.4 Å². The second-order valence-corrected chi connectivity index (χ2v) is 10.2. The number of benzene rings is 1. The Morgan fingerprint density at radius 1 is 1.39 bits per heavy atom. The van der Waals surface area contributed by atoms with Gasteiger partial charge in [-0.3, -0.25) is 9.59 Å². The van der Waals surface area contributed by atoms with Crippen LogP contribution in [0.3, 0.4) is 0 Å². The van der Waals surface area contributed by atoms with E-state index in [9.17, 15) is 29.0 Å². The lowest BCUT2D eigenvalue weighted by Crippen LogP contribution is -2.44. The molecule has 9 nitrogen and oxygen atoms in total. The number of rotatable bonds is 4. The number of amides is 1. The van der Waals surface area contributed by atoms with Gasteiger partial charge in [0.25, 0.3) is 11.5 Å². The molecule has 0 radical (unpaired) electrons. The van der Waals surface area contributed by atoms with E-state index in [4.69, 9.17) is 21.3 Å². The van der Waals surface area contributed by atoms with Crippen LogP contribution in [0.15, 0.2) is 29.6 Å². The summed E-state index contributed by atoms with van der Waals surface area (Å²) in [5.41, 5.74) is 0.782. The first kappa shape index (κ1) is 24.7. The molecule has 3 aliphatic rings. The molecule has 0 bridgehead atoms. The van der Waals surface area contributed by atoms with E-state index < -0.39 is 41.0 Å². The third-order valence-electron chi connectivity index (χ3n) is 7.85. The number of hydrogen-bond acceptors (Lipinski definition) is 7. The quantitative estimate of drug-likeness (QED) is 0.268. The SMILES string of the molecule is C=CC(O)C(=O)NC1CCc2c(Cl)c(F)cc3nc4c(c1c23)Cn1c-4cc2c(c1=O)COC(=O)[C@]2(O)CC. The zero-order chi connectivity index (χ0) is 27.1. The number of esters is 1. The van der Waals surface area contributed by atoms with Crippen molar-refractivity contribution in [3.63, 3.8) is 0 Å². The maximum atomic E-state index is 14.8. The highest BCUT2D eigenvalue weighted by molar-refractivity contribution is 6.32. The summed E-state index contributed by atoms with van der Waals surface area (Å²) in [5, 5.41) is 24.5. The predicted octanol–water partition coefficient (Wildman–Crippen LogP) is 2.52. The molecule has 196 valence electrons. The summed E-state index contributed by atoms with van der Waals surface area (Å²) >= 11 is 6.34. The number of carbonyl (C=O) groups excluding carboxylic acids is 2. The van der Waals surface area contributed by atoms with Crippen LogP contribution in [0.2, 0.25) is 5.02 Å². The number of aromatic nitrogens is 2. The minimum absolute atomic E-state index is 0.00219. The molecule has 2 unspecified atom stereocenters. The van der Waals surface area contributed by atoms with Crippen LogP contribution in [-0.2, 0) is 39.5 Å². The number of hydrogen-bond donors (Lipinski definition) is 3. The van der Waals surface area contributed by atoms with Crippen LogP contribution in [0.1, 0.15) is 53.6 Å². The maximum absolute atomic E-state index is 14.8. The van der Waals surface area contributed by atoms with Gasteiger partial charge in [0.2, 0.25) is 0 Å². The molecule has 2 aromatic heterocycles. The molecule has 3 aromatic rings. The average Bonchev–Trinajstić information content (AvgIpc) is 3.28. The molecule has 6 rings (SSSR count). The highest BCUT2D eigenvalue weighted by atomic mass is 35.5. The summed E-state index contributed by atoms with van der Waals surface area (Å²) in [5.74, 6) is -2.12. The summed E-state index contributed by atoms with van der Waals surface area (Å²) in [4.78, 5) is 43.4. The molecule has 0 saturated heterocycles. The van der Waals surface area contributed by atoms with Crippen LogP contribution in [0.5, 0.6) is 0 Å². The Kier molecular flexibility index (Phi) is 5.50. The van der Waals surface area contributed by atoms with Crippen molar-refractivity contribution in [3.05, 3.63) is 73.8 Å². The van der Waals surface area contributed by atoms with E-state index in [1.807, 2.05) is 0 Å². The molecule has 38 heavy (non-hydrogen) atoms. The van der Waals surface area contributed by atoms with E-state index in [1.54, 1.807) is 13.0 Å². The Morgan fingerprint density at radius 2 is 2.16 bits per heavy atom. The summed E-state index contributed by atoms with van der Waals surface area (Å²) in [6.07, 6.45) is 0.423. The topological polar surface area (TPSA) is 131 Å². The van der Waals surface area contributed by atoms with Crippen molar-refractivity contribution in [2.45, 2.75) is 57.1 Å². The average molecular weight is 540 g/mol. The summed E-state index contributed by atoms with van der Waals surface area (Å²) in [6, 6.07) is 2.21. The molecule has 0 saturated carbocycles. The first-order chi connectivity index (χ1) is 18.1. The van der Waals surface area contributed by atoms with Gasteiger partial charge in [0.05, 0.1) is 40.1 Å². The zero-order valence-corrected chi connectivity index (χ0v) is 21.1. The van der Waals surface area contributed by atoms with Crippen molar-refractivity contribution in [3.8, 4) is 11.4 Å². The Labute approximate surface area is 220 Å². The van der Waals surface area contributed by atoms with Gasteiger partial charge in [-0.15, -0.1) is 0 Å². The molecule has 1 aromatic carbocycles. The van der Waals surface area contributed by atoms with Gasteiger partial charge >= 0.3 is 5.97 Å². The van der Waals surface area contributed by atoms with E-state index in [0.29, 0.717) is 51.8 Å². The Morgan fingerprint density at radius 3 is 2.87 bits per heavy atom. The normalized spacial score (nSPS) is 21.8. The number of nitrogens with zero attached hydrogens (tertiary/aromatic N) is 2. The Hall–Kier alpha value is -3.60. The van der Waals surface area contributed by atoms with E-state index in [0.717, 1.165) is 6.08 Å². The number of carbonyl (C=O) groups is 2. The lowest BCUT2D eigenvalue weighted by molar-refractivity contribution is -0.172. The molecule has 0 spiro atoms. The third-order valence-corrected chi connectivity index (χ3v) is 8.26. The van der Waals surface area contributed by atoms with Gasteiger partial charge < -0.3 is 24.8 Å². The fraction of sp³-hybridized carbons (Fsp3) is 0.333. The van der Waals surface area contributed by atoms with Crippen LogP contribution in [0.4, 0.5) is 4.39 Å². The number of aryl methyl sites for hydroxylation is 1. The minimum Gasteiger partial charge on any atom is -0.458 e. The molecule has 3 atom stereocenters. The number of aliphatic hydroxyl groups is 2. The molecule has 0 fully saturated rings. The molecule has 4 heterocycles. The van der Waals surface area contributed by atoms with Crippen LogP contribution in [0, 0.1) is 5.82 Å². The van der Waals surface area contributed by atoms with Gasteiger partial charge in [-0.2, -0.15) is 0 Å². The fourth-order valence-corrected chi connectivity index (χ4v) is 6.11. The highest BCUT2D eigenvalue weighted by Gasteiger charge is 2.46. The van der Waals surface area contributed by atoms with E-state index in [2.05, 4.69) is 11.9 Å². The highest BCUT2D eigenvalue weighted by Crippen LogP contribution is 2.46. The summed E-state index contributed by atoms with van der Waals surface area (Å²) in [7, 11) is 0. The van der Waals surface area contributed by atoms with Crippen molar-refractivity contribution in [1.29, 1.82) is 0 Å². The first-order valence-corrected chi connectivity index (χ1v) is 12.6. The van der Waals surface area contributed by atoms with Crippen molar-refractivity contribution in [2.24, 2.45) is 0 Å². The van der Waals surface area contributed by atoms with Gasteiger partial charge in [0.15, 0.2) is 11.7 Å². The van der Waals surface area contributed by atoms with Crippen molar-refractivity contribution in [2.75, 3.05) is 0 Å². The van der Waals surface area contributed by atoms with E-state index in [-0.39, 0.29) is 35.7 Å². The second-order valence-electron chi connectivity index (χ2n) is 9.78. The standard InChI is InChI=1S/C27H23ClFN3O6/c1-3-19(33)24(34)31-16-6-5-11-20-17(8-15(29)22(11)28)30-23-12(21(16)20)9-32-18(23)7-14-13(25(32)35)10-38-26(36)27(14,37)4-2/h3,7-8,16,19,33,37H,1,4-6,9-10H2,2H3,(H,31,34)/t16?,19?,27-/m0/s1. The Balaban J connectivity index is 1.63. The van der Waals surface area contributed by atoms with Gasteiger partial charge in [-0.25, -0.2) is 14.2 Å². The lowest BCUT2D eigenvalue weighted by atomic mass is 9.83. The van der Waals surface area contributed by atoms with Crippen LogP contribution >= 0.6 is 11.6 Å². The smallest absolute Gasteiger partial charge is 0.343 e. The number of fused-ring (bicyclic) bond motifs is 5. The van der Waals surface area contributed by atoms with Crippen LogP contribution in [-0.4, -0.2) is 37.7 Å². The number of halogens is 2. The maximum Gasteiger partial charge on any atom is 0.343 e. The Bertz CT molecular complexity index is 1670. The third kappa shape index (κ3) is 3.23. The summed E-state index contributed by atoms with van der Waals surface area (Å²) in [6.45, 7) is 4.90. The molecular weight excluding hydrogens is 517 g/mol. The first-order valence-electron chi connectivity index (χ1n) is 12.2. The van der Waals surface area contributed by atoms with Gasteiger partial charge in [-0.1, -0.05) is 31.2 Å². The van der Waals surface area contributed by atoms with Crippen molar-refractivity contribution < 1.29 is 28.9 Å². The molecular formula is C27H23ClFN3O6. The van der Waals surface area contributed by atoms with E-state index in [1.165, 1.54) is 10.6 Å². The number of aliphatic hydroxyl groups excluding tert-OH is 1. The molecule has 11 heteroatoms. The number of nitrogens with one attached hydrogen (secondary N) is 1. The molecule has 1 aliphatic carbocycles. The monoisotopic (exact) mass is 539 g/mol. The zero-order valence-electron chi connectivity index (χ0n) is 20.3. The number of ether oxygens (including phenoxy) is 1. The molecule has 2 aliphatic heterocycles. The second kappa shape index (κ2) is 8.45. The number of pyridine rings is 2. The van der Waals surface area contributed by atoms with Crippen molar-refractivity contribution in [1.82, 2.24) is 14.9 Å². The lowest BCUT2D eigenvalue weighted by Gasteiger charge is -2.31. The predicted molar refractivity (Wildman–Crippen MR) is 135 cm³/mol. The van der Waals surface area contributed by atoms with Gasteiger partial charge in [0, 0.05) is 22.6 Å². The van der Waals surface area contributed by atoms with E-state index >= 15 is 0 Å².